The Bertz CT molecular complexity index is 1690. The molecule has 0 radical (unpaired) electrons. The summed E-state index contributed by atoms with van der Waals surface area (Å²) in [5.41, 5.74) is 6.09. The molecule has 3 atom stereocenters. The van der Waals surface area contributed by atoms with Crippen LogP contribution in [0.2, 0.25) is 0 Å². The highest BCUT2D eigenvalue weighted by Gasteiger charge is 2.30. The van der Waals surface area contributed by atoms with E-state index >= 15 is 0 Å². The summed E-state index contributed by atoms with van der Waals surface area (Å²) in [6.07, 6.45) is 11.0. The zero-order valence-corrected chi connectivity index (χ0v) is 25.9. The fourth-order valence-corrected chi connectivity index (χ4v) is 7.11. The van der Waals surface area contributed by atoms with Gasteiger partial charge in [0, 0.05) is 92.8 Å². The number of aromatic nitrogens is 3. The highest BCUT2D eigenvalue weighted by atomic mass is 16.4. The van der Waals surface area contributed by atoms with Gasteiger partial charge in [0.25, 0.3) is 0 Å². The Hall–Kier alpha value is -4.24. The van der Waals surface area contributed by atoms with Crippen molar-refractivity contribution in [3.05, 3.63) is 94.3 Å². The van der Waals surface area contributed by atoms with Gasteiger partial charge in [-0.1, -0.05) is 0 Å². The van der Waals surface area contributed by atoms with Crippen LogP contribution in [0.3, 0.4) is 0 Å². The van der Waals surface area contributed by atoms with E-state index in [2.05, 4.69) is 60.4 Å². The van der Waals surface area contributed by atoms with Gasteiger partial charge in [-0.05, 0) is 87.6 Å². The van der Waals surface area contributed by atoms with Crippen LogP contribution in [0.1, 0.15) is 49.4 Å². The van der Waals surface area contributed by atoms with E-state index in [1.165, 1.54) is 5.56 Å². The number of anilines is 2. The van der Waals surface area contributed by atoms with E-state index in [9.17, 15) is 14.7 Å². The molecule has 2 fully saturated rings. The first-order valence-corrected chi connectivity index (χ1v) is 15.7. The van der Waals surface area contributed by atoms with Gasteiger partial charge in [0.1, 0.15) is 0 Å². The third-order valence-electron chi connectivity index (χ3n) is 9.45. The Morgan fingerprint density at radius 2 is 1.93 bits per heavy atom. The Balaban J connectivity index is 1.29. The van der Waals surface area contributed by atoms with E-state index in [0.717, 1.165) is 60.6 Å². The van der Waals surface area contributed by atoms with Gasteiger partial charge in [-0.25, -0.2) is 0 Å². The molecule has 2 aliphatic rings. The topological polar surface area (TPSA) is 94.8 Å². The lowest BCUT2D eigenvalue weighted by atomic mass is 9.91. The molecule has 2 unspecified atom stereocenters. The number of carbonyl (C=O) groups is 1. The fraction of sp³-hybridized carbons (Fsp3) is 0.429. The molecule has 0 saturated carbocycles. The Morgan fingerprint density at radius 3 is 2.68 bits per heavy atom. The lowest BCUT2D eigenvalue weighted by Crippen LogP contribution is -2.48. The third kappa shape index (κ3) is 6.33. The smallest absolute Gasteiger partial charge is 0.306 e. The van der Waals surface area contributed by atoms with Crippen LogP contribution in [0.25, 0.3) is 10.9 Å². The van der Waals surface area contributed by atoms with Crippen molar-refractivity contribution < 1.29 is 9.90 Å². The van der Waals surface area contributed by atoms with Crippen molar-refractivity contribution in [2.24, 2.45) is 13.0 Å². The Kier molecular flexibility index (Phi) is 8.66. The summed E-state index contributed by atoms with van der Waals surface area (Å²) < 4.78 is 2.07. The highest BCUT2D eigenvalue weighted by molar-refractivity contribution is 5.83. The molecule has 230 valence electrons. The van der Waals surface area contributed by atoms with Gasteiger partial charge >= 0.3 is 5.97 Å². The Labute approximate surface area is 258 Å². The number of aliphatic carboxylic acids is 1. The molecule has 9 heteroatoms. The zero-order chi connectivity index (χ0) is 30.8. The predicted octanol–water partition coefficient (Wildman–Crippen LogP) is 5.00. The molecule has 0 amide bonds. The van der Waals surface area contributed by atoms with E-state index < -0.39 is 5.97 Å². The number of carboxylic acid groups (broad SMARTS) is 1. The fourth-order valence-electron chi connectivity index (χ4n) is 7.11. The van der Waals surface area contributed by atoms with E-state index in [-0.39, 0.29) is 23.4 Å². The molecule has 0 bridgehead atoms. The number of rotatable bonds is 8. The molecule has 0 spiro atoms. The first-order chi connectivity index (χ1) is 21.3. The number of hydrogen-bond acceptors (Lipinski definition) is 7. The van der Waals surface area contributed by atoms with Gasteiger partial charge in [-0.2, -0.15) is 0 Å². The zero-order valence-electron chi connectivity index (χ0n) is 25.9. The molecule has 2 saturated heterocycles. The molecule has 3 aromatic heterocycles. The molecule has 2 aliphatic heterocycles. The average Bonchev–Trinajstić information content (AvgIpc) is 3.03. The largest absolute Gasteiger partial charge is 0.481 e. The number of fused-ring (bicyclic) bond motifs is 1. The van der Waals surface area contributed by atoms with Crippen molar-refractivity contribution in [3.63, 3.8) is 0 Å². The molecule has 44 heavy (non-hydrogen) atoms. The standard InChI is InChI=1S/C35H42N6O3/c1-24-16-26(10-13-37-24)20-40(31-7-5-14-39(23-31)30-6-4-12-36-19-30)22-28-21-38(3)33-18-29(8-9-32(33)34(28)42)41-15-11-27(35(43)44)17-25(41)2/h4,6,8-10,12-13,16,18-19,21,25,27,31H,5,7,11,14-15,17,20,22-23H2,1-3H3,(H,43,44)/t25?,27?,31-/m0/s1. The second-order valence-corrected chi connectivity index (χ2v) is 12.6. The quantitative estimate of drug-likeness (QED) is 0.305. The first kappa shape index (κ1) is 29.8. The van der Waals surface area contributed by atoms with Gasteiger partial charge in [-0.3, -0.25) is 24.5 Å². The summed E-state index contributed by atoms with van der Waals surface area (Å²) >= 11 is 0. The van der Waals surface area contributed by atoms with Crippen LogP contribution in [-0.2, 0) is 24.9 Å². The number of aryl methyl sites for hydroxylation is 2. The van der Waals surface area contributed by atoms with E-state index in [1.807, 2.05) is 57.0 Å². The molecule has 9 nitrogen and oxygen atoms in total. The van der Waals surface area contributed by atoms with Crippen molar-refractivity contribution in [2.45, 2.75) is 64.7 Å². The lowest BCUT2D eigenvalue weighted by molar-refractivity contribution is -0.142. The number of piperidine rings is 2. The van der Waals surface area contributed by atoms with Gasteiger partial charge in [0.15, 0.2) is 5.43 Å². The minimum Gasteiger partial charge on any atom is -0.481 e. The molecule has 5 heterocycles. The minimum atomic E-state index is -0.712. The SMILES string of the molecule is Cc1cc(CN(Cc2cn(C)c3cc(N4CCC(C(=O)O)CC4C)ccc3c2=O)[C@H]2CCCN(c3cccnc3)C2)ccn1. The summed E-state index contributed by atoms with van der Waals surface area (Å²) in [6.45, 7) is 7.95. The third-order valence-corrected chi connectivity index (χ3v) is 9.45. The van der Waals surface area contributed by atoms with Gasteiger partial charge in [-0.15, -0.1) is 0 Å². The number of benzene rings is 1. The van der Waals surface area contributed by atoms with E-state index in [4.69, 9.17) is 0 Å². The van der Waals surface area contributed by atoms with Crippen LogP contribution >= 0.6 is 0 Å². The molecular formula is C35H42N6O3. The van der Waals surface area contributed by atoms with Crippen LogP contribution in [-0.4, -0.2) is 62.2 Å². The second kappa shape index (κ2) is 12.8. The van der Waals surface area contributed by atoms with Crippen LogP contribution in [0, 0.1) is 12.8 Å². The number of hydrogen-bond donors (Lipinski definition) is 1. The molecular weight excluding hydrogens is 552 g/mol. The molecule has 1 N–H and O–H groups in total. The maximum atomic E-state index is 14.0. The summed E-state index contributed by atoms with van der Waals surface area (Å²) in [4.78, 5) is 41.4. The van der Waals surface area contributed by atoms with E-state index in [1.54, 1.807) is 0 Å². The maximum Gasteiger partial charge on any atom is 0.306 e. The number of pyridine rings is 3. The normalized spacial score (nSPS) is 20.8. The van der Waals surface area contributed by atoms with Gasteiger partial charge < -0.3 is 19.5 Å². The van der Waals surface area contributed by atoms with Crippen LogP contribution in [0.5, 0.6) is 0 Å². The lowest BCUT2D eigenvalue weighted by Gasteiger charge is -2.40. The number of nitrogens with zero attached hydrogens (tertiary/aromatic N) is 6. The summed E-state index contributed by atoms with van der Waals surface area (Å²) in [7, 11) is 2.01. The van der Waals surface area contributed by atoms with Crippen molar-refractivity contribution >= 4 is 28.2 Å². The monoisotopic (exact) mass is 594 g/mol. The van der Waals surface area contributed by atoms with Crippen LogP contribution in [0.15, 0.2) is 72.0 Å². The molecule has 4 aromatic rings. The van der Waals surface area contributed by atoms with Gasteiger partial charge in [0.2, 0.25) is 0 Å². The Morgan fingerprint density at radius 1 is 1.07 bits per heavy atom. The minimum absolute atomic E-state index is 0.0677. The predicted molar refractivity (Wildman–Crippen MR) is 174 cm³/mol. The van der Waals surface area contributed by atoms with Crippen LogP contribution < -0.4 is 15.2 Å². The van der Waals surface area contributed by atoms with Gasteiger partial charge in [0.05, 0.1) is 23.3 Å². The average molecular weight is 595 g/mol. The second-order valence-electron chi connectivity index (χ2n) is 12.6. The summed E-state index contributed by atoms with van der Waals surface area (Å²) in [5.74, 6) is -1.01. The highest BCUT2D eigenvalue weighted by Crippen LogP contribution is 2.30. The van der Waals surface area contributed by atoms with E-state index in [0.29, 0.717) is 31.3 Å². The maximum absolute atomic E-state index is 14.0. The summed E-state index contributed by atoms with van der Waals surface area (Å²) in [5, 5.41) is 10.2. The van der Waals surface area contributed by atoms with Crippen molar-refractivity contribution in [1.82, 2.24) is 19.4 Å². The van der Waals surface area contributed by atoms with Crippen molar-refractivity contribution in [1.29, 1.82) is 0 Å². The summed E-state index contributed by atoms with van der Waals surface area (Å²) in [6, 6.07) is 14.8. The van der Waals surface area contributed by atoms with Crippen molar-refractivity contribution in [3.8, 4) is 0 Å². The molecule has 0 aliphatic carbocycles. The number of carboxylic acids is 1. The molecule has 6 rings (SSSR count). The van der Waals surface area contributed by atoms with Crippen LogP contribution in [0.4, 0.5) is 11.4 Å². The molecule has 1 aromatic carbocycles. The van der Waals surface area contributed by atoms with Crippen molar-refractivity contribution in [2.75, 3.05) is 29.4 Å². The first-order valence-electron chi connectivity index (χ1n) is 15.7.